The molecule has 0 radical (unpaired) electrons. The highest BCUT2D eigenvalue weighted by molar-refractivity contribution is 7.91. The molecule has 1 aliphatic rings. The van der Waals surface area contributed by atoms with E-state index >= 15 is 0 Å². The van der Waals surface area contributed by atoms with Crippen molar-refractivity contribution in [3.8, 4) is 0 Å². The van der Waals surface area contributed by atoms with Crippen molar-refractivity contribution in [1.29, 1.82) is 0 Å². The van der Waals surface area contributed by atoms with Gasteiger partial charge in [-0.3, -0.25) is 4.90 Å². The van der Waals surface area contributed by atoms with Gasteiger partial charge < -0.3 is 0 Å². The molecule has 126 valence electrons. The zero-order valence-electron chi connectivity index (χ0n) is 13.8. The molecule has 4 heteroatoms. The zero-order valence-corrected chi connectivity index (χ0v) is 14.6. The van der Waals surface area contributed by atoms with E-state index in [9.17, 15) is 8.42 Å². The van der Waals surface area contributed by atoms with E-state index in [1.807, 2.05) is 12.1 Å². The van der Waals surface area contributed by atoms with Gasteiger partial charge in [-0.15, -0.1) is 0 Å². The van der Waals surface area contributed by atoms with Crippen LogP contribution in [-0.2, 0) is 9.84 Å². The predicted molar refractivity (Wildman–Crippen MR) is 98.6 cm³/mol. The summed E-state index contributed by atoms with van der Waals surface area (Å²) in [6.45, 7) is 2.71. The Morgan fingerprint density at radius 1 is 0.917 bits per heavy atom. The molecule has 0 aromatic heterocycles. The fraction of sp³-hybridized carbons (Fsp3) is 0.300. The molecule has 2 aromatic rings. The third-order valence-electron chi connectivity index (χ3n) is 4.43. The molecule has 1 heterocycles. The van der Waals surface area contributed by atoms with E-state index in [4.69, 9.17) is 0 Å². The molecule has 0 unspecified atom stereocenters. The van der Waals surface area contributed by atoms with E-state index in [1.165, 1.54) is 11.1 Å². The number of hydrogen-bond acceptors (Lipinski definition) is 3. The molecule has 1 aliphatic heterocycles. The van der Waals surface area contributed by atoms with Gasteiger partial charge in [-0.1, -0.05) is 54.6 Å². The van der Waals surface area contributed by atoms with Crippen LogP contribution in [0.2, 0.25) is 0 Å². The monoisotopic (exact) mass is 341 g/mol. The lowest BCUT2D eigenvalue weighted by Crippen LogP contribution is -2.30. The fourth-order valence-electron chi connectivity index (χ4n) is 3.05. The minimum absolute atomic E-state index is 0.211. The third kappa shape index (κ3) is 4.34. The Bertz CT molecular complexity index is 783. The van der Waals surface area contributed by atoms with Gasteiger partial charge >= 0.3 is 0 Å². The maximum absolute atomic E-state index is 12.3. The summed E-state index contributed by atoms with van der Waals surface area (Å²) in [7, 11) is -3.16. The van der Waals surface area contributed by atoms with Crippen LogP contribution < -0.4 is 0 Å². The second-order valence-corrected chi connectivity index (χ2v) is 8.24. The summed E-state index contributed by atoms with van der Waals surface area (Å²) in [6.07, 6.45) is 3.96. The molecule has 2 aromatic carbocycles. The summed E-state index contributed by atoms with van der Waals surface area (Å²) in [5.74, 6) is 0.211. The van der Waals surface area contributed by atoms with Crippen molar-refractivity contribution in [3.05, 3.63) is 72.3 Å². The first-order chi connectivity index (χ1) is 11.6. The maximum atomic E-state index is 12.3. The molecule has 0 bridgehead atoms. The first-order valence-electron chi connectivity index (χ1n) is 8.40. The van der Waals surface area contributed by atoms with E-state index < -0.39 is 9.84 Å². The van der Waals surface area contributed by atoms with Crippen molar-refractivity contribution in [2.75, 3.05) is 25.4 Å². The SMILES string of the molecule is O=S(=O)(CCCN1CC=C(c2ccccc2)CC1)c1ccccc1. The summed E-state index contributed by atoms with van der Waals surface area (Å²) in [4.78, 5) is 2.75. The molecule has 3 nitrogen and oxygen atoms in total. The lowest BCUT2D eigenvalue weighted by Gasteiger charge is -2.26. The van der Waals surface area contributed by atoms with Crippen LogP contribution in [0.3, 0.4) is 0 Å². The average Bonchev–Trinajstić information content (AvgIpc) is 2.64. The van der Waals surface area contributed by atoms with Crippen molar-refractivity contribution in [2.45, 2.75) is 17.7 Å². The highest BCUT2D eigenvalue weighted by Crippen LogP contribution is 2.22. The average molecular weight is 341 g/mol. The van der Waals surface area contributed by atoms with Crippen molar-refractivity contribution in [3.63, 3.8) is 0 Å². The molecular formula is C20H23NO2S. The lowest BCUT2D eigenvalue weighted by atomic mass is 9.99. The van der Waals surface area contributed by atoms with Gasteiger partial charge in [0.05, 0.1) is 10.6 Å². The van der Waals surface area contributed by atoms with Crippen LogP contribution in [0.25, 0.3) is 5.57 Å². The lowest BCUT2D eigenvalue weighted by molar-refractivity contribution is 0.303. The molecule has 0 fully saturated rings. The third-order valence-corrected chi connectivity index (χ3v) is 6.24. The number of benzene rings is 2. The highest BCUT2D eigenvalue weighted by atomic mass is 32.2. The summed E-state index contributed by atoms with van der Waals surface area (Å²) in [5, 5.41) is 0. The molecule has 0 atom stereocenters. The normalized spacial score (nSPS) is 15.9. The van der Waals surface area contributed by atoms with Crippen LogP contribution in [0, 0.1) is 0 Å². The van der Waals surface area contributed by atoms with Crippen LogP contribution in [0.4, 0.5) is 0 Å². The molecule has 24 heavy (non-hydrogen) atoms. The Labute approximate surface area is 144 Å². The number of nitrogens with zero attached hydrogens (tertiary/aromatic N) is 1. The molecule has 0 N–H and O–H groups in total. The minimum atomic E-state index is -3.16. The van der Waals surface area contributed by atoms with E-state index in [0.717, 1.165) is 26.1 Å². The summed E-state index contributed by atoms with van der Waals surface area (Å²) in [5.41, 5.74) is 2.69. The summed E-state index contributed by atoms with van der Waals surface area (Å²) in [6, 6.07) is 19.2. The highest BCUT2D eigenvalue weighted by Gasteiger charge is 2.16. The molecular weight excluding hydrogens is 318 g/mol. The summed E-state index contributed by atoms with van der Waals surface area (Å²) < 4.78 is 24.6. The predicted octanol–water partition coefficient (Wildman–Crippen LogP) is 3.64. The first kappa shape index (κ1) is 16.9. The van der Waals surface area contributed by atoms with Crippen molar-refractivity contribution in [2.24, 2.45) is 0 Å². The van der Waals surface area contributed by atoms with E-state index in [-0.39, 0.29) is 5.75 Å². The topological polar surface area (TPSA) is 37.4 Å². The van der Waals surface area contributed by atoms with Crippen molar-refractivity contribution in [1.82, 2.24) is 4.90 Å². The molecule has 3 rings (SSSR count). The van der Waals surface area contributed by atoms with Gasteiger partial charge in [0.2, 0.25) is 0 Å². The quantitative estimate of drug-likeness (QED) is 0.805. The van der Waals surface area contributed by atoms with Crippen LogP contribution in [0.15, 0.2) is 71.6 Å². The Hall–Kier alpha value is -1.91. The molecule has 0 spiro atoms. The molecule has 0 amide bonds. The molecule has 0 saturated heterocycles. The van der Waals surface area contributed by atoms with Crippen molar-refractivity contribution >= 4 is 15.4 Å². The number of rotatable bonds is 6. The molecule has 0 saturated carbocycles. The Morgan fingerprint density at radius 3 is 2.21 bits per heavy atom. The second kappa shape index (κ2) is 7.77. The van der Waals surface area contributed by atoms with Gasteiger partial charge in [0.1, 0.15) is 0 Å². The first-order valence-corrected chi connectivity index (χ1v) is 10.0. The van der Waals surface area contributed by atoms with Gasteiger partial charge in [-0.25, -0.2) is 8.42 Å². The maximum Gasteiger partial charge on any atom is 0.178 e. The number of sulfone groups is 1. The van der Waals surface area contributed by atoms with Gasteiger partial charge in [-0.05, 0) is 42.7 Å². The Morgan fingerprint density at radius 2 is 1.58 bits per heavy atom. The van der Waals surface area contributed by atoms with Crippen LogP contribution in [-0.4, -0.2) is 38.7 Å². The standard InChI is InChI=1S/C20H23NO2S/c22-24(23,20-10-5-2-6-11-20)17-7-14-21-15-12-19(13-16-21)18-8-3-1-4-9-18/h1-6,8-12H,7,13-17H2. The minimum Gasteiger partial charge on any atom is -0.299 e. The smallest absolute Gasteiger partial charge is 0.178 e. The van der Waals surface area contributed by atoms with Gasteiger partial charge in [0.15, 0.2) is 9.84 Å². The van der Waals surface area contributed by atoms with E-state index in [0.29, 0.717) is 11.3 Å². The fourth-order valence-corrected chi connectivity index (χ4v) is 4.37. The van der Waals surface area contributed by atoms with Gasteiger partial charge in [0, 0.05) is 13.1 Å². The van der Waals surface area contributed by atoms with Crippen LogP contribution >= 0.6 is 0 Å². The second-order valence-electron chi connectivity index (χ2n) is 6.13. The van der Waals surface area contributed by atoms with E-state index in [1.54, 1.807) is 24.3 Å². The van der Waals surface area contributed by atoms with E-state index in [2.05, 4.69) is 35.2 Å². The van der Waals surface area contributed by atoms with Crippen LogP contribution in [0.5, 0.6) is 0 Å². The van der Waals surface area contributed by atoms with Crippen molar-refractivity contribution < 1.29 is 8.42 Å². The molecule has 0 aliphatic carbocycles. The van der Waals surface area contributed by atoms with Gasteiger partial charge in [-0.2, -0.15) is 0 Å². The Balaban J connectivity index is 1.50. The Kier molecular flexibility index (Phi) is 5.48. The largest absolute Gasteiger partial charge is 0.299 e. The number of hydrogen-bond donors (Lipinski definition) is 0. The van der Waals surface area contributed by atoms with Crippen LogP contribution in [0.1, 0.15) is 18.4 Å². The summed E-state index contributed by atoms with van der Waals surface area (Å²) >= 11 is 0. The zero-order chi connectivity index (χ0) is 16.8. The van der Waals surface area contributed by atoms with Gasteiger partial charge in [0.25, 0.3) is 0 Å².